The lowest BCUT2D eigenvalue weighted by Gasteiger charge is -2.34. The summed E-state index contributed by atoms with van der Waals surface area (Å²) in [6.07, 6.45) is 40.1. The highest BCUT2D eigenvalue weighted by atomic mass is 14.7. The standard InChI is InChI=1S/C86H105N/c1-7-13-19-30-51-84(52-31-20-14-8-2)77-39-29-28-38-71(77)72-45-40-65(58-78(72)84)66-41-46-73-74-47-42-67(60-80(74)85(79(73)59-66,53-32-21-15-9-3)54-33-22-16-10-4)68-43-48-75-76-49-44-69(70-50-57-87-83(63-70)64-36-26-25-27-37-64)62-82(76)86(81(75)61-68,55-34-23-17-11-5)56-35-24-18-12-6/h25-29,36-50,57-63H,7-24,30-35,51-56H2,1-6H3. The summed E-state index contributed by atoms with van der Waals surface area (Å²) < 4.78 is 0. The van der Waals surface area contributed by atoms with Gasteiger partial charge in [-0.25, -0.2) is 0 Å². The minimum Gasteiger partial charge on any atom is -0.256 e. The molecule has 1 nitrogen and oxygen atoms in total. The lowest BCUT2D eigenvalue weighted by Crippen LogP contribution is -2.26. The van der Waals surface area contributed by atoms with Crippen LogP contribution >= 0.6 is 0 Å². The van der Waals surface area contributed by atoms with Crippen LogP contribution in [0.3, 0.4) is 0 Å². The molecule has 0 saturated carbocycles. The fourth-order valence-corrected chi connectivity index (χ4v) is 16.8. The van der Waals surface area contributed by atoms with E-state index < -0.39 is 0 Å². The van der Waals surface area contributed by atoms with Gasteiger partial charge in [-0.1, -0.05) is 311 Å². The van der Waals surface area contributed by atoms with Crippen molar-refractivity contribution in [3.8, 4) is 78.0 Å². The van der Waals surface area contributed by atoms with E-state index in [1.807, 2.05) is 6.20 Å². The van der Waals surface area contributed by atoms with Crippen LogP contribution in [0.5, 0.6) is 0 Å². The molecule has 87 heavy (non-hydrogen) atoms. The van der Waals surface area contributed by atoms with Crippen LogP contribution in [-0.4, -0.2) is 4.98 Å². The quantitative estimate of drug-likeness (QED) is 0.0366. The number of rotatable bonds is 34. The number of pyridine rings is 1. The second kappa shape index (κ2) is 29.3. The number of benzene rings is 7. The zero-order chi connectivity index (χ0) is 60.1. The Bertz CT molecular complexity index is 3500. The third-order valence-electron chi connectivity index (χ3n) is 21.6. The van der Waals surface area contributed by atoms with Crippen LogP contribution in [0.1, 0.15) is 268 Å². The summed E-state index contributed by atoms with van der Waals surface area (Å²) in [6, 6.07) is 63.4. The van der Waals surface area contributed by atoms with Crippen LogP contribution in [0, 0.1) is 0 Å². The van der Waals surface area contributed by atoms with Crippen molar-refractivity contribution in [3.05, 3.63) is 197 Å². The van der Waals surface area contributed by atoms with Gasteiger partial charge in [0.1, 0.15) is 0 Å². The first-order valence-electron chi connectivity index (χ1n) is 35.7. The smallest absolute Gasteiger partial charge is 0.0708 e. The van der Waals surface area contributed by atoms with Crippen molar-refractivity contribution in [1.29, 1.82) is 0 Å². The van der Waals surface area contributed by atoms with E-state index in [4.69, 9.17) is 4.98 Å². The predicted octanol–water partition coefficient (Wildman–Crippen LogP) is 26.4. The number of aromatic nitrogens is 1. The maximum atomic E-state index is 4.87. The van der Waals surface area contributed by atoms with Gasteiger partial charge in [-0.05, 0) is 181 Å². The topological polar surface area (TPSA) is 12.9 Å². The van der Waals surface area contributed by atoms with E-state index >= 15 is 0 Å². The summed E-state index contributed by atoms with van der Waals surface area (Å²) in [4.78, 5) is 4.87. The van der Waals surface area contributed by atoms with E-state index in [1.54, 1.807) is 33.4 Å². The molecule has 3 aliphatic rings. The second-order valence-corrected chi connectivity index (χ2v) is 27.3. The highest BCUT2D eigenvalue weighted by molar-refractivity contribution is 5.90. The summed E-state index contributed by atoms with van der Waals surface area (Å²) in [5.41, 5.74) is 28.6. The number of fused-ring (bicyclic) bond motifs is 9. The summed E-state index contributed by atoms with van der Waals surface area (Å²) >= 11 is 0. The largest absolute Gasteiger partial charge is 0.256 e. The van der Waals surface area contributed by atoms with Gasteiger partial charge in [0.25, 0.3) is 0 Å². The van der Waals surface area contributed by atoms with Gasteiger partial charge in [-0.15, -0.1) is 0 Å². The molecule has 8 aromatic rings. The van der Waals surface area contributed by atoms with Crippen LogP contribution in [0.25, 0.3) is 78.0 Å². The average molecular weight is 1150 g/mol. The number of hydrogen-bond acceptors (Lipinski definition) is 1. The van der Waals surface area contributed by atoms with Crippen LogP contribution < -0.4 is 0 Å². The average Bonchev–Trinajstić information content (AvgIpc) is 1.61. The number of unbranched alkanes of at least 4 members (excludes halogenated alkanes) is 18. The van der Waals surface area contributed by atoms with Crippen LogP contribution in [0.2, 0.25) is 0 Å². The van der Waals surface area contributed by atoms with Gasteiger partial charge in [0, 0.05) is 28.0 Å². The Morgan fingerprint density at radius 2 is 0.506 bits per heavy atom. The summed E-state index contributed by atoms with van der Waals surface area (Å²) in [7, 11) is 0. The van der Waals surface area contributed by atoms with Crippen molar-refractivity contribution in [2.45, 2.75) is 250 Å². The first kappa shape index (κ1) is 62.3. The fraction of sp³-hybridized carbons (Fsp3) is 0.453. The molecule has 1 aromatic heterocycles. The zero-order valence-corrected chi connectivity index (χ0v) is 54.7. The molecule has 0 saturated heterocycles. The van der Waals surface area contributed by atoms with Crippen molar-refractivity contribution in [3.63, 3.8) is 0 Å². The van der Waals surface area contributed by atoms with Gasteiger partial charge in [0.2, 0.25) is 0 Å². The molecule has 0 spiro atoms. The summed E-state index contributed by atoms with van der Waals surface area (Å²) in [6.45, 7) is 14.2. The molecule has 0 radical (unpaired) electrons. The maximum Gasteiger partial charge on any atom is 0.0708 e. The summed E-state index contributed by atoms with van der Waals surface area (Å²) in [5.74, 6) is 0. The molecule has 0 unspecified atom stereocenters. The molecule has 0 fully saturated rings. The van der Waals surface area contributed by atoms with Crippen LogP contribution in [0.4, 0.5) is 0 Å². The first-order chi connectivity index (χ1) is 42.9. The monoisotopic (exact) mass is 1150 g/mol. The lowest BCUT2D eigenvalue weighted by molar-refractivity contribution is 0.400. The predicted molar refractivity (Wildman–Crippen MR) is 377 cm³/mol. The molecule has 1 heterocycles. The van der Waals surface area contributed by atoms with Gasteiger partial charge in [0.15, 0.2) is 0 Å². The third-order valence-corrected chi connectivity index (χ3v) is 21.6. The molecule has 454 valence electrons. The van der Waals surface area contributed by atoms with Gasteiger partial charge < -0.3 is 0 Å². The Morgan fingerprint density at radius 3 is 0.828 bits per heavy atom. The van der Waals surface area contributed by atoms with Crippen LogP contribution in [0.15, 0.2) is 164 Å². The van der Waals surface area contributed by atoms with E-state index in [9.17, 15) is 0 Å². The van der Waals surface area contributed by atoms with E-state index in [0.29, 0.717) is 0 Å². The third kappa shape index (κ3) is 12.8. The van der Waals surface area contributed by atoms with Crippen LogP contribution in [-0.2, 0) is 16.2 Å². The Kier molecular flexibility index (Phi) is 21.0. The second-order valence-electron chi connectivity index (χ2n) is 27.3. The van der Waals surface area contributed by atoms with Crippen molar-refractivity contribution in [2.24, 2.45) is 0 Å². The molecular weight excluding hydrogens is 1050 g/mol. The van der Waals surface area contributed by atoms with E-state index in [-0.39, 0.29) is 16.2 Å². The van der Waals surface area contributed by atoms with E-state index in [1.165, 1.54) is 259 Å². The molecular formula is C86H105N. The van der Waals surface area contributed by atoms with Gasteiger partial charge in [-0.3, -0.25) is 4.98 Å². The molecule has 7 aromatic carbocycles. The van der Waals surface area contributed by atoms with Gasteiger partial charge in [0.05, 0.1) is 5.69 Å². The van der Waals surface area contributed by atoms with Crippen molar-refractivity contribution in [1.82, 2.24) is 4.98 Å². The molecule has 1 heteroatoms. The highest BCUT2D eigenvalue weighted by Crippen LogP contribution is 2.60. The SMILES string of the molecule is CCCCCCC1(CCCCCC)c2ccccc2-c2ccc(-c3ccc4c(c3)C(CCCCCC)(CCCCCC)c3cc(-c5ccc6c(c5)C(CCCCCC)(CCCCCC)c5cc(-c7ccnc(-c8ccccc8)c7)ccc5-6)ccc3-4)cc21. The van der Waals surface area contributed by atoms with Gasteiger partial charge >= 0.3 is 0 Å². The van der Waals surface area contributed by atoms with E-state index in [0.717, 1.165) is 11.3 Å². The number of nitrogens with zero attached hydrogens (tertiary/aromatic N) is 1. The lowest BCUT2D eigenvalue weighted by atomic mass is 9.69. The molecule has 11 rings (SSSR count). The number of hydrogen-bond donors (Lipinski definition) is 0. The maximum absolute atomic E-state index is 4.87. The summed E-state index contributed by atoms with van der Waals surface area (Å²) in [5, 5.41) is 0. The minimum absolute atomic E-state index is 0.0491. The molecule has 0 atom stereocenters. The Morgan fingerprint density at radius 1 is 0.230 bits per heavy atom. The Hall–Kier alpha value is -6.31. The van der Waals surface area contributed by atoms with E-state index in [2.05, 4.69) is 199 Å². The Balaban J connectivity index is 1.02. The molecule has 0 bridgehead atoms. The molecule has 0 N–H and O–H groups in total. The van der Waals surface area contributed by atoms with Crippen molar-refractivity contribution < 1.29 is 0 Å². The van der Waals surface area contributed by atoms with Gasteiger partial charge in [-0.2, -0.15) is 0 Å². The molecule has 0 aliphatic heterocycles. The molecule has 3 aliphatic carbocycles. The normalized spacial score (nSPS) is 14.4. The van der Waals surface area contributed by atoms with Crippen molar-refractivity contribution in [2.75, 3.05) is 0 Å². The molecule has 0 amide bonds. The fourth-order valence-electron chi connectivity index (χ4n) is 16.8. The first-order valence-corrected chi connectivity index (χ1v) is 35.7. The minimum atomic E-state index is -0.0523. The van der Waals surface area contributed by atoms with Crippen molar-refractivity contribution >= 4 is 0 Å². The highest BCUT2D eigenvalue weighted by Gasteiger charge is 2.46. The zero-order valence-electron chi connectivity index (χ0n) is 54.7. The Labute approximate surface area is 527 Å².